The van der Waals surface area contributed by atoms with Crippen molar-refractivity contribution in [3.8, 4) is 0 Å². The Morgan fingerprint density at radius 2 is 2.11 bits per heavy atom. The first-order valence-electron chi connectivity index (χ1n) is 5.35. The van der Waals surface area contributed by atoms with Gasteiger partial charge >= 0.3 is 6.01 Å². The van der Waals surface area contributed by atoms with Crippen molar-refractivity contribution in [1.82, 2.24) is 20.3 Å². The molecule has 0 radical (unpaired) electrons. The van der Waals surface area contributed by atoms with Crippen LogP contribution in [0.5, 0.6) is 0 Å². The largest absolute Gasteiger partial charge is 0.431 e. The normalized spacial score (nSPS) is 10.2. The first-order chi connectivity index (χ1) is 8.60. The summed E-state index contributed by atoms with van der Waals surface area (Å²) in [4.78, 5) is 23.7. The van der Waals surface area contributed by atoms with E-state index in [1.54, 1.807) is 6.20 Å². The van der Waals surface area contributed by atoms with Crippen molar-refractivity contribution >= 4 is 17.7 Å². The second kappa shape index (κ2) is 4.82. The fraction of sp³-hybridized carbons (Fsp3) is 0.273. The van der Waals surface area contributed by atoms with Gasteiger partial charge in [0, 0.05) is 13.2 Å². The highest BCUT2D eigenvalue weighted by atomic mass is 16.4. The van der Waals surface area contributed by atoms with Crippen LogP contribution in [0.1, 0.15) is 21.9 Å². The van der Waals surface area contributed by atoms with Crippen molar-refractivity contribution in [3.05, 3.63) is 29.5 Å². The van der Waals surface area contributed by atoms with Crippen LogP contribution in [0.4, 0.5) is 11.8 Å². The highest BCUT2D eigenvalue weighted by Gasteiger charge is 2.12. The summed E-state index contributed by atoms with van der Waals surface area (Å²) in [7, 11) is 1.53. The van der Waals surface area contributed by atoms with Crippen molar-refractivity contribution in [1.29, 1.82) is 0 Å². The number of nitrogens with zero attached hydrogens (tertiary/aromatic N) is 3. The molecule has 0 bridgehead atoms. The van der Waals surface area contributed by atoms with Crippen LogP contribution in [0.2, 0.25) is 0 Å². The summed E-state index contributed by atoms with van der Waals surface area (Å²) < 4.78 is 5.14. The SMILES string of the molecule is CNC(=O)c1coc(Nc2nc(C)cnc2C)n1. The highest BCUT2D eigenvalue weighted by Crippen LogP contribution is 2.16. The number of oxazole rings is 1. The number of aromatic nitrogens is 3. The zero-order valence-corrected chi connectivity index (χ0v) is 10.3. The van der Waals surface area contributed by atoms with E-state index in [9.17, 15) is 4.79 Å². The zero-order chi connectivity index (χ0) is 13.1. The second-order valence-corrected chi connectivity index (χ2v) is 3.69. The fourth-order valence-corrected chi connectivity index (χ4v) is 1.32. The Bertz CT molecular complexity index is 579. The lowest BCUT2D eigenvalue weighted by Crippen LogP contribution is -2.18. The Kier molecular flexibility index (Phi) is 3.22. The third-order valence-corrected chi connectivity index (χ3v) is 2.27. The molecule has 7 heteroatoms. The molecule has 94 valence electrons. The number of nitrogens with one attached hydrogen (secondary N) is 2. The van der Waals surface area contributed by atoms with Crippen molar-refractivity contribution in [2.75, 3.05) is 12.4 Å². The Morgan fingerprint density at radius 3 is 2.83 bits per heavy atom. The molecule has 2 aromatic heterocycles. The molecule has 18 heavy (non-hydrogen) atoms. The Morgan fingerprint density at radius 1 is 1.33 bits per heavy atom. The summed E-state index contributed by atoms with van der Waals surface area (Å²) in [6, 6.07) is 0.205. The van der Waals surface area contributed by atoms with Crippen LogP contribution >= 0.6 is 0 Å². The molecule has 0 spiro atoms. The lowest BCUT2D eigenvalue weighted by molar-refractivity contribution is 0.0958. The summed E-state index contributed by atoms with van der Waals surface area (Å²) in [6.07, 6.45) is 2.95. The molecule has 7 nitrogen and oxygen atoms in total. The number of anilines is 2. The average molecular weight is 247 g/mol. The van der Waals surface area contributed by atoms with Gasteiger partial charge in [-0.3, -0.25) is 15.1 Å². The van der Waals surface area contributed by atoms with E-state index in [1.807, 2.05) is 13.8 Å². The van der Waals surface area contributed by atoms with Crippen molar-refractivity contribution < 1.29 is 9.21 Å². The van der Waals surface area contributed by atoms with Crippen LogP contribution in [0, 0.1) is 13.8 Å². The van der Waals surface area contributed by atoms with Crippen LogP contribution < -0.4 is 10.6 Å². The van der Waals surface area contributed by atoms with Gasteiger partial charge in [0.15, 0.2) is 11.5 Å². The van der Waals surface area contributed by atoms with Crippen LogP contribution in [0.25, 0.3) is 0 Å². The first-order valence-corrected chi connectivity index (χ1v) is 5.35. The van der Waals surface area contributed by atoms with Crippen LogP contribution in [-0.4, -0.2) is 27.9 Å². The number of hydrogen-bond acceptors (Lipinski definition) is 6. The minimum absolute atomic E-state index is 0.205. The third kappa shape index (κ3) is 2.45. The van der Waals surface area contributed by atoms with Gasteiger partial charge in [-0.15, -0.1) is 0 Å². The molecule has 2 heterocycles. The second-order valence-electron chi connectivity index (χ2n) is 3.69. The van der Waals surface area contributed by atoms with Crippen LogP contribution in [-0.2, 0) is 0 Å². The Hall–Kier alpha value is -2.44. The number of carbonyl (C=O) groups is 1. The van der Waals surface area contributed by atoms with E-state index in [0.29, 0.717) is 5.82 Å². The lowest BCUT2D eigenvalue weighted by atomic mass is 10.4. The maximum Gasteiger partial charge on any atom is 0.301 e. The molecule has 0 aliphatic heterocycles. The molecular formula is C11H13N5O2. The average Bonchev–Trinajstić information content (AvgIpc) is 2.81. The van der Waals surface area contributed by atoms with Gasteiger partial charge in [0.2, 0.25) is 0 Å². The van der Waals surface area contributed by atoms with Gasteiger partial charge in [0.1, 0.15) is 6.26 Å². The molecule has 2 N–H and O–H groups in total. The monoisotopic (exact) mass is 247 g/mol. The van der Waals surface area contributed by atoms with Gasteiger partial charge in [0.25, 0.3) is 5.91 Å². The van der Waals surface area contributed by atoms with Gasteiger partial charge in [-0.2, -0.15) is 4.98 Å². The molecule has 0 aromatic carbocycles. The molecule has 0 aliphatic rings. The van der Waals surface area contributed by atoms with Gasteiger partial charge < -0.3 is 9.73 Å². The summed E-state index contributed by atoms with van der Waals surface area (Å²) in [5.41, 5.74) is 1.71. The molecule has 0 saturated carbocycles. The van der Waals surface area contributed by atoms with Crippen LogP contribution in [0.3, 0.4) is 0 Å². The minimum Gasteiger partial charge on any atom is -0.431 e. The highest BCUT2D eigenvalue weighted by molar-refractivity contribution is 5.92. The van der Waals surface area contributed by atoms with Gasteiger partial charge in [0.05, 0.1) is 11.4 Å². The maximum atomic E-state index is 11.3. The summed E-state index contributed by atoms with van der Waals surface area (Å²) in [5.74, 6) is 0.249. The van der Waals surface area contributed by atoms with Gasteiger partial charge in [-0.05, 0) is 13.8 Å². The first kappa shape index (κ1) is 12.0. The smallest absolute Gasteiger partial charge is 0.301 e. The number of aryl methyl sites for hydroxylation is 2. The Labute approximate surface area is 104 Å². The van der Waals surface area contributed by atoms with Crippen molar-refractivity contribution in [2.45, 2.75) is 13.8 Å². The fourth-order valence-electron chi connectivity index (χ4n) is 1.32. The summed E-state index contributed by atoms with van der Waals surface area (Å²) in [6.45, 7) is 3.65. The predicted octanol–water partition coefficient (Wildman–Crippen LogP) is 1.18. The summed E-state index contributed by atoms with van der Waals surface area (Å²) in [5, 5.41) is 5.34. The molecule has 2 aromatic rings. The molecular weight excluding hydrogens is 234 g/mol. The molecule has 0 saturated heterocycles. The van der Waals surface area contributed by atoms with Gasteiger partial charge in [-0.25, -0.2) is 4.98 Å². The third-order valence-electron chi connectivity index (χ3n) is 2.27. The van der Waals surface area contributed by atoms with E-state index in [2.05, 4.69) is 25.6 Å². The number of amides is 1. The molecule has 1 amide bonds. The van der Waals surface area contributed by atoms with E-state index in [4.69, 9.17) is 4.42 Å². The van der Waals surface area contributed by atoms with Crippen molar-refractivity contribution in [2.24, 2.45) is 0 Å². The standard InChI is InChI=1S/C11H13N5O2/c1-6-4-13-7(2)9(14-6)16-11-15-8(5-18-11)10(17)12-3/h4-5H,1-3H3,(H,12,17)(H,14,15,16). The van der Waals surface area contributed by atoms with E-state index in [0.717, 1.165) is 11.4 Å². The molecule has 0 unspecified atom stereocenters. The molecule has 0 fully saturated rings. The lowest BCUT2D eigenvalue weighted by Gasteiger charge is -2.04. The minimum atomic E-state index is -0.307. The maximum absolute atomic E-state index is 11.3. The molecule has 2 rings (SSSR count). The quantitative estimate of drug-likeness (QED) is 0.846. The number of carbonyl (C=O) groups excluding carboxylic acids is 1. The Balaban J connectivity index is 2.21. The van der Waals surface area contributed by atoms with E-state index < -0.39 is 0 Å². The van der Waals surface area contributed by atoms with Gasteiger partial charge in [-0.1, -0.05) is 0 Å². The predicted molar refractivity (Wildman–Crippen MR) is 64.7 cm³/mol. The van der Waals surface area contributed by atoms with E-state index in [1.165, 1.54) is 13.3 Å². The topological polar surface area (TPSA) is 92.9 Å². The van der Waals surface area contributed by atoms with Crippen LogP contribution in [0.15, 0.2) is 16.9 Å². The van der Waals surface area contributed by atoms with E-state index >= 15 is 0 Å². The summed E-state index contributed by atoms with van der Waals surface area (Å²) >= 11 is 0. The van der Waals surface area contributed by atoms with Crippen molar-refractivity contribution in [3.63, 3.8) is 0 Å². The molecule has 0 aliphatic carbocycles. The number of rotatable bonds is 3. The number of hydrogen-bond donors (Lipinski definition) is 2. The van der Waals surface area contributed by atoms with E-state index in [-0.39, 0.29) is 17.6 Å². The zero-order valence-electron chi connectivity index (χ0n) is 10.3. The molecule has 0 atom stereocenters.